The summed E-state index contributed by atoms with van der Waals surface area (Å²) < 4.78 is 10.5. The number of para-hydroxylation sites is 1. The minimum absolute atomic E-state index is 0.0281. The predicted molar refractivity (Wildman–Crippen MR) is 96.3 cm³/mol. The van der Waals surface area contributed by atoms with Crippen LogP contribution >= 0.6 is 0 Å². The van der Waals surface area contributed by atoms with Crippen LogP contribution < -0.4 is 10.6 Å². The fraction of sp³-hybridized carbons (Fsp3) is 0.333. The average molecular weight is 375 g/mol. The van der Waals surface area contributed by atoms with Gasteiger partial charge in [-0.3, -0.25) is 19.7 Å². The maximum atomic E-state index is 11.9. The van der Waals surface area contributed by atoms with Crippen LogP contribution in [0.25, 0.3) is 0 Å². The normalized spacial score (nSPS) is 20.3. The number of amides is 2. The van der Waals surface area contributed by atoms with Crippen molar-refractivity contribution in [3.05, 3.63) is 43.2 Å². The molecule has 1 saturated heterocycles. The molecule has 2 rings (SSSR count). The molecule has 2 amide bonds. The Morgan fingerprint density at radius 2 is 1.93 bits per heavy atom. The number of oxime groups is 1. The number of nitrogens with zero attached hydrogens (tertiary/aromatic N) is 1. The molecule has 0 aromatic heterocycles. The molecule has 1 heterocycles. The van der Waals surface area contributed by atoms with E-state index in [4.69, 9.17) is 14.3 Å². The Hall–Kier alpha value is -3.10. The van der Waals surface area contributed by atoms with Crippen LogP contribution in [-0.2, 0) is 23.9 Å². The molecule has 144 valence electrons. The van der Waals surface area contributed by atoms with Gasteiger partial charge in [-0.2, -0.15) is 0 Å². The summed E-state index contributed by atoms with van der Waals surface area (Å²) in [5.74, 6) is -0.710. The highest BCUT2D eigenvalue weighted by atomic mass is 16.7. The lowest BCUT2D eigenvalue weighted by atomic mass is 10.0. The van der Waals surface area contributed by atoms with E-state index in [1.807, 2.05) is 6.07 Å². The molecule has 1 aliphatic heterocycles. The summed E-state index contributed by atoms with van der Waals surface area (Å²) in [4.78, 5) is 39.3. The molecule has 2 atom stereocenters. The van der Waals surface area contributed by atoms with Crippen molar-refractivity contribution < 1.29 is 28.7 Å². The first-order valence-corrected chi connectivity index (χ1v) is 8.36. The number of carbonyl (C=O) groups excluding carboxylic acids is 3. The van der Waals surface area contributed by atoms with E-state index in [1.165, 1.54) is 6.92 Å². The van der Waals surface area contributed by atoms with Crippen molar-refractivity contribution in [1.29, 1.82) is 0 Å². The van der Waals surface area contributed by atoms with Crippen LogP contribution in [0.4, 0.5) is 10.5 Å². The van der Waals surface area contributed by atoms with Crippen LogP contribution in [0.2, 0.25) is 0 Å². The third-order valence-electron chi connectivity index (χ3n) is 3.38. The third kappa shape index (κ3) is 6.96. The molecule has 1 aromatic carbocycles. The number of esters is 1. The maximum absolute atomic E-state index is 11.9. The standard InChI is InChI=1S/C18H21N3O6/c1-3-16(23)20-15-10-9-14(11-25-12(2)22)26-17(15)21-27-18(24)19-13-7-5-4-6-8-13/h4-10,14-15H,3,11H2,1-2H3,(H,19,24)(H,20,23)/t14-,15-/m1/s1. The van der Waals surface area contributed by atoms with Crippen LogP contribution in [0.15, 0.2) is 35.5 Å². The maximum Gasteiger partial charge on any atom is 0.437 e. The Morgan fingerprint density at radius 1 is 1.19 bits per heavy atom. The van der Waals surface area contributed by atoms with Gasteiger partial charge < -0.3 is 14.8 Å². The van der Waals surface area contributed by atoms with E-state index in [-0.39, 0.29) is 24.8 Å². The molecule has 0 aliphatic carbocycles. The second kappa shape index (κ2) is 10.1. The highest BCUT2D eigenvalue weighted by Gasteiger charge is 2.31. The number of anilines is 1. The van der Waals surface area contributed by atoms with E-state index < -0.39 is 24.2 Å². The molecule has 9 nitrogen and oxygen atoms in total. The molecule has 0 unspecified atom stereocenters. The smallest absolute Gasteiger partial charge is 0.437 e. The van der Waals surface area contributed by atoms with Gasteiger partial charge in [-0.25, -0.2) is 4.79 Å². The molecule has 0 bridgehead atoms. The lowest BCUT2D eigenvalue weighted by Gasteiger charge is -2.29. The van der Waals surface area contributed by atoms with Crippen molar-refractivity contribution >= 4 is 29.6 Å². The van der Waals surface area contributed by atoms with Gasteiger partial charge in [0.05, 0.1) is 0 Å². The van der Waals surface area contributed by atoms with Crippen molar-refractivity contribution in [3.63, 3.8) is 0 Å². The molecule has 1 aliphatic rings. The Labute approximate surface area is 157 Å². The second-order valence-electron chi connectivity index (χ2n) is 5.54. The number of hydrogen-bond acceptors (Lipinski definition) is 7. The zero-order valence-electron chi connectivity index (χ0n) is 15.0. The fourth-order valence-electron chi connectivity index (χ4n) is 2.09. The average Bonchev–Trinajstić information content (AvgIpc) is 2.66. The number of benzene rings is 1. The van der Waals surface area contributed by atoms with Gasteiger partial charge in [0.15, 0.2) is 0 Å². The summed E-state index contributed by atoms with van der Waals surface area (Å²) in [5, 5.41) is 8.88. The van der Waals surface area contributed by atoms with Gasteiger partial charge in [0.25, 0.3) is 0 Å². The van der Waals surface area contributed by atoms with Gasteiger partial charge >= 0.3 is 12.1 Å². The Morgan fingerprint density at radius 3 is 2.59 bits per heavy atom. The molecule has 2 N–H and O–H groups in total. The molecular weight excluding hydrogens is 354 g/mol. The Bertz CT molecular complexity index is 692. The van der Waals surface area contributed by atoms with Crippen molar-refractivity contribution in [2.45, 2.75) is 32.4 Å². The largest absolute Gasteiger partial charge is 0.470 e. The first-order valence-electron chi connectivity index (χ1n) is 8.36. The zero-order chi connectivity index (χ0) is 19.6. The van der Waals surface area contributed by atoms with Crippen LogP contribution in [0, 0.1) is 12.8 Å². The lowest BCUT2D eigenvalue weighted by molar-refractivity contribution is -0.143. The highest BCUT2D eigenvalue weighted by molar-refractivity contribution is 5.91. The Kier molecular flexibility index (Phi) is 7.60. The second-order valence-corrected chi connectivity index (χ2v) is 5.54. The van der Waals surface area contributed by atoms with E-state index >= 15 is 0 Å². The molecule has 0 saturated carbocycles. The zero-order valence-corrected chi connectivity index (χ0v) is 15.0. The molecule has 27 heavy (non-hydrogen) atoms. The van der Waals surface area contributed by atoms with E-state index in [0.717, 1.165) is 0 Å². The van der Waals surface area contributed by atoms with Crippen LogP contribution in [0.3, 0.4) is 0 Å². The summed E-state index contributed by atoms with van der Waals surface area (Å²) in [5.41, 5.74) is 0.538. The summed E-state index contributed by atoms with van der Waals surface area (Å²) in [6.45, 7) is 2.95. The number of nitrogens with one attached hydrogen (secondary N) is 2. The van der Waals surface area contributed by atoms with Gasteiger partial charge in [0.2, 0.25) is 11.8 Å². The van der Waals surface area contributed by atoms with Crippen LogP contribution in [0.5, 0.6) is 0 Å². The van der Waals surface area contributed by atoms with Crippen LogP contribution in [-0.4, -0.2) is 42.6 Å². The first-order chi connectivity index (χ1) is 13.0. The molecule has 0 spiro atoms. The van der Waals surface area contributed by atoms with Gasteiger partial charge in [-0.1, -0.05) is 25.1 Å². The van der Waals surface area contributed by atoms with Gasteiger partial charge in [-0.15, -0.1) is 0 Å². The highest BCUT2D eigenvalue weighted by Crippen LogP contribution is 2.16. The van der Waals surface area contributed by atoms with Crippen molar-refractivity contribution in [2.75, 3.05) is 11.9 Å². The SMILES string of the molecule is CCC(=O)N[C@@H]1[CH][CH][C@H](COC(C)=O)OC1=NOC(=O)Nc1ccccc1. The number of carbonyl (C=O) groups is 3. The van der Waals surface area contributed by atoms with Crippen molar-refractivity contribution in [2.24, 2.45) is 5.16 Å². The van der Waals surface area contributed by atoms with Crippen LogP contribution in [0.1, 0.15) is 20.3 Å². The predicted octanol–water partition coefficient (Wildman–Crippen LogP) is 1.81. The van der Waals surface area contributed by atoms with Gasteiger partial charge in [0, 0.05) is 31.9 Å². The molecule has 9 heteroatoms. The molecular formula is C18H21N3O6. The summed E-state index contributed by atoms with van der Waals surface area (Å²) in [6.07, 6.45) is 2.10. The monoisotopic (exact) mass is 375 g/mol. The summed E-state index contributed by atoms with van der Waals surface area (Å²) >= 11 is 0. The topological polar surface area (TPSA) is 115 Å². The summed E-state index contributed by atoms with van der Waals surface area (Å²) in [7, 11) is 0. The number of rotatable bonds is 6. The van der Waals surface area contributed by atoms with Crippen molar-refractivity contribution in [1.82, 2.24) is 5.32 Å². The fourth-order valence-corrected chi connectivity index (χ4v) is 2.09. The Balaban J connectivity index is 2.00. The first kappa shape index (κ1) is 20.2. The molecule has 1 aromatic rings. The minimum Gasteiger partial charge on any atom is -0.470 e. The lowest BCUT2D eigenvalue weighted by Crippen LogP contribution is -2.48. The third-order valence-corrected chi connectivity index (χ3v) is 3.38. The number of hydrogen-bond donors (Lipinski definition) is 2. The van der Waals surface area contributed by atoms with E-state index in [1.54, 1.807) is 44.0 Å². The van der Waals surface area contributed by atoms with E-state index in [0.29, 0.717) is 5.69 Å². The van der Waals surface area contributed by atoms with Crippen molar-refractivity contribution in [3.8, 4) is 0 Å². The summed E-state index contributed by atoms with van der Waals surface area (Å²) in [6, 6.07) is 8.00. The van der Waals surface area contributed by atoms with Gasteiger partial charge in [0.1, 0.15) is 18.8 Å². The van der Waals surface area contributed by atoms with Gasteiger partial charge in [-0.05, 0) is 17.3 Å². The quantitative estimate of drug-likeness (QED) is 0.445. The number of ether oxygens (including phenoxy) is 2. The molecule has 1 fully saturated rings. The van der Waals surface area contributed by atoms with E-state index in [2.05, 4.69) is 15.8 Å². The van der Waals surface area contributed by atoms with E-state index in [9.17, 15) is 14.4 Å². The minimum atomic E-state index is -0.816. The molecule has 2 radical (unpaired) electrons.